The Balaban J connectivity index is 1.37. The van der Waals surface area contributed by atoms with Crippen molar-refractivity contribution in [2.75, 3.05) is 43.4 Å². The van der Waals surface area contributed by atoms with E-state index >= 15 is 0 Å². The number of ether oxygens (including phenoxy) is 2. The van der Waals surface area contributed by atoms with E-state index in [4.69, 9.17) is 9.47 Å². The van der Waals surface area contributed by atoms with Crippen molar-refractivity contribution in [3.8, 4) is 22.6 Å². The molecule has 0 saturated carbocycles. The predicted octanol–water partition coefficient (Wildman–Crippen LogP) is 4.06. The van der Waals surface area contributed by atoms with Gasteiger partial charge in [-0.15, -0.1) is 10.2 Å². The number of hydrogen-bond acceptors (Lipinski definition) is 10. The van der Waals surface area contributed by atoms with Gasteiger partial charge in [-0.1, -0.05) is 0 Å². The summed E-state index contributed by atoms with van der Waals surface area (Å²) in [5, 5.41) is 7.83. The number of aromatic nitrogens is 3. The second kappa shape index (κ2) is 14.2. The van der Waals surface area contributed by atoms with Gasteiger partial charge in [0.05, 0.1) is 31.1 Å². The van der Waals surface area contributed by atoms with E-state index in [2.05, 4.69) is 26.1 Å². The zero-order valence-corrected chi connectivity index (χ0v) is 25.5. The molecule has 0 bridgehead atoms. The van der Waals surface area contributed by atoms with Crippen molar-refractivity contribution in [3.05, 3.63) is 60.0 Å². The molecule has 44 heavy (non-hydrogen) atoms. The number of rotatable bonds is 12. The summed E-state index contributed by atoms with van der Waals surface area (Å²) in [6.07, 6.45) is -2.74. The van der Waals surface area contributed by atoms with Gasteiger partial charge >= 0.3 is 6.18 Å². The molecule has 15 heteroatoms. The zero-order chi connectivity index (χ0) is 31.9. The molecule has 3 heterocycles. The van der Waals surface area contributed by atoms with E-state index in [9.17, 15) is 26.4 Å². The molecule has 1 N–H and O–H groups in total. The molecule has 0 aliphatic carbocycles. The van der Waals surface area contributed by atoms with E-state index in [0.29, 0.717) is 50.9 Å². The summed E-state index contributed by atoms with van der Waals surface area (Å²) < 4.78 is 74.0. The standard InChI is InChI=1S/C29H35F3N6O5S/c1-4-42-25-16-23(17-33-18-25)22-13-21(14-24(15-22)43-20(2)3)19-37-8-10-38(11-9-37)27-6-5-26(34-35-27)28(39)36-44(40,41)12-7-29(30,31)32/h5-6,13-18,20H,4,7-12,19H2,1-3H3,(H,36,39). The third kappa shape index (κ3) is 9.77. The molecular formula is C29H35F3N6O5S. The van der Waals surface area contributed by atoms with E-state index in [1.807, 2.05) is 43.9 Å². The van der Waals surface area contributed by atoms with Gasteiger partial charge in [-0.3, -0.25) is 14.7 Å². The molecule has 4 rings (SSSR count). The predicted molar refractivity (Wildman–Crippen MR) is 158 cm³/mol. The van der Waals surface area contributed by atoms with Crippen LogP contribution in [0.2, 0.25) is 0 Å². The minimum absolute atomic E-state index is 0.00638. The molecule has 0 unspecified atom stereocenters. The zero-order valence-electron chi connectivity index (χ0n) is 24.7. The Morgan fingerprint density at radius 1 is 1.00 bits per heavy atom. The quantitative estimate of drug-likeness (QED) is 0.311. The van der Waals surface area contributed by atoms with Gasteiger partial charge in [0.2, 0.25) is 10.0 Å². The van der Waals surface area contributed by atoms with E-state index in [1.54, 1.807) is 17.1 Å². The molecular weight excluding hydrogens is 601 g/mol. The van der Waals surface area contributed by atoms with Crippen molar-refractivity contribution in [3.63, 3.8) is 0 Å². The highest BCUT2D eigenvalue weighted by atomic mass is 32.2. The van der Waals surface area contributed by atoms with Crippen LogP contribution in [0.25, 0.3) is 11.1 Å². The first kappa shape index (κ1) is 32.9. The molecule has 1 aliphatic heterocycles. The van der Waals surface area contributed by atoms with E-state index < -0.39 is 34.3 Å². The van der Waals surface area contributed by atoms with Crippen molar-refractivity contribution in [2.24, 2.45) is 0 Å². The lowest BCUT2D eigenvalue weighted by atomic mass is 10.0. The molecule has 0 radical (unpaired) electrons. The van der Waals surface area contributed by atoms with E-state index in [0.717, 1.165) is 22.4 Å². The second-order valence-corrected chi connectivity index (χ2v) is 12.4. The van der Waals surface area contributed by atoms with Crippen LogP contribution in [0, 0.1) is 0 Å². The highest BCUT2D eigenvalue weighted by Crippen LogP contribution is 2.29. The number of anilines is 1. The topological polar surface area (TPSA) is 127 Å². The van der Waals surface area contributed by atoms with E-state index in [-0.39, 0.29) is 11.8 Å². The molecule has 1 aliphatic rings. The minimum Gasteiger partial charge on any atom is -0.492 e. The monoisotopic (exact) mass is 636 g/mol. The Morgan fingerprint density at radius 3 is 2.36 bits per heavy atom. The van der Waals surface area contributed by atoms with E-state index in [1.165, 1.54) is 12.1 Å². The molecule has 1 fully saturated rings. The van der Waals surface area contributed by atoms with Gasteiger partial charge in [0, 0.05) is 44.5 Å². The maximum Gasteiger partial charge on any atom is 0.390 e. The van der Waals surface area contributed by atoms with Crippen LogP contribution in [-0.4, -0.2) is 85.2 Å². The summed E-state index contributed by atoms with van der Waals surface area (Å²) in [6, 6.07) is 10.9. The van der Waals surface area contributed by atoms with Crippen LogP contribution in [-0.2, 0) is 16.6 Å². The minimum atomic E-state index is -4.66. The largest absolute Gasteiger partial charge is 0.492 e. The summed E-state index contributed by atoms with van der Waals surface area (Å²) in [4.78, 5) is 20.8. The lowest BCUT2D eigenvalue weighted by molar-refractivity contribution is -0.130. The number of sulfonamides is 1. The number of nitrogens with one attached hydrogen (secondary N) is 1. The summed E-state index contributed by atoms with van der Waals surface area (Å²) in [5.41, 5.74) is 2.65. The Bertz CT molecular complexity index is 1530. The van der Waals surface area contributed by atoms with Crippen LogP contribution >= 0.6 is 0 Å². The van der Waals surface area contributed by atoms with Crippen LogP contribution < -0.4 is 19.1 Å². The number of nitrogens with zero attached hydrogens (tertiary/aromatic N) is 5. The van der Waals surface area contributed by atoms with Gasteiger partial charge in [0.25, 0.3) is 5.91 Å². The SMILES string of the molecule is CCOc1cncc(-c2cc(CN3CCN(c4ccc(C(=O)NS(=O)(=O)CCC(F)(F)F)nn4)CC3)cc(OC(C)C)c2)c1. The number of benzene rings is 1. The second-order valence-electron chi connectivity index (χ2n) is 10.5. The Kier molecular flexibility index (Phi) is 10.6. The lowest BCUT2D eigenvalue weighted by Crippen LogP contribution is -2.46. The molecule has 0 spiro atoms. The average molecular weight is 637 g/mol. The fourth-order valence-corrected chi connectivity index (χ4v) is 5.57. The third-order valence-electron chi connectivity index (χ3n) is 6.58. The number of halogens is 3. The van der Waals surface area contributed by atoms with Gasteiger partial charge in [-0.25, -0.2) is 13.1 Å². The number of amides is 1. The number of pyridine rings is 1. The Labute approximate surface area is 254 Å². The molecule has 3 aromatic rings. The number of carbonyl (C=O) groups is 1. The normalized spacial score (nSPS) is 14.5. The summed E-state index contributed by atoms with van der Waals surface area (Å²) in [7, 11) is -4.48. The maximum atomic E-state index is 12.4. The van der Waals surface area contributed by atoms with Crippen LogP contribution in [0.4, 0.5) is 19.0 Å². The average Bonchev–Trinajstić information content (AvgIpc) is 2.96. The van der Waals surface area contributed by atoms with Gasteiger partial charge < -0.3 is 14.4 Å². The van der Waals surface area contributed by atoms with Crippen molar-refractivity contribution in [1.29, 1.82) is 0 Å². The summed E-state index contributed by atoms with van der Waals surface area (Å²) in [5.74, 6) is -0.440. The van der Waals surface area contributed by atoms with Gasteiger partial charge in [-0.2, -0.15) is 13.2 Å². The third-order valence-corrected chi connectivity index (χ3v) is 7.82. The maximum absolute atomic E-state index is 12.4. The Hall–Kier alpha value is -3.98. The molecule has 2 aromatic heterocycles. The highest BCUT2D eigenvalue weighted by molar-refractivity contribution is 7.90. The first-order chi connectivity index (χ1) is 20.8. The smallest absolute Gasteiger partial charge is 0.390 e. The molecule has 11 nitrogen and oxygen atoms in total. The first-order valence-electron chi connectivity index (χ1n) is 14.1. The van der Waals surface area contributed by atoms with Crippen LogP contribution in [0.3, 0.4) is 0 Å². The van der Waals surface area contributed by atoms with Crippen LogP contribution in [0.5, 0.6) is 11.5 Å². The van der Waals surface area contributed by atoms with Gasteiger partial charge in [0.1, 0.15) is 11.5 Å². The van der Waals surface area contributed by atoms with Crippen molar-refractivity contribution in [1.82, 2.24) is 24.8 Å². The molecule has 1 aromatic carbocycles. The molecule has 0 atom stereocenters. The number of carbonyl (C=O) groups excluding carboxylic acids is 1. The number of alkyl halides is 3. The van der Waals surface area contributed by atoms with Gasteiger partial charge in [0.15, 0.2) is 11.5 Å². The number of piperazine rings is 1. The summed E-state index contributed by atoms with van der Waals surface area (Å²) >= 11 is 0. The first-order valence-corrected chi connectivity index (χ1v) is 15.8. The van der Waals surface area contributed by atoms with Crippen molar-refractivity contribution >= 4 is 21.7 Å². The molecule has 238 valence electrons. The fourth-order valence-electron chi connectivity index (χ4n) is 4.58. The van der Waals surface area contributed by atoms with Crippen LogP contribution in [0.1, 0.15) is 43.2 Å². The lowest BCUT2D eigenvalue weighted by Gasteiger charge is -2.35. The van der Waals surface area contributed by atoms with Crippen LogP contribution in [0.15, 0.2) is 48.8 Å². The number of hydrogen-bond donors (Lipinski definition) is 1. The molecule has 1 amide bonds. The molecule has 1 saturated heterocycles. The highest BCUT2D eigenvalue weighted by Gasteiger charge is 2.31. The summed E-state index contributed by atoms with van der Waals surface area (Å²) in [6.45, 7) is 9.79. The Morgan fingerprint density at radius 2 is 1.73 bits per heavy atom. The van der Waals surface area contributed by atoms with Gasteiger partial charge in [-0.05, 0) is 68.3 Å². The van der Waals surface area contributed by atoms with Crippen molar-refractivity contribution in [2.45, 2.75) is 46.0 Å². The fraction of sp³-hybridized carbons (Fsp3) is 0.448. The van der Waals surface area contributed by atoms with Crippen molar-refractivity contribution < 1.29 is 35.9 Å².